The molecule has 0 saturated heterocycles. The monoisotopic (exact) mass is 363 g/mol. The molecule has 25 heavy (non-hydrogen) atoms. The summed E-state index contributed by atoms with van der Waals surface area (Å²) in [6.07, 6.45) is 1.77. The summed E-state index contributed by atoms with van der Waals surface area (Å²) in [5.74, 6) is 1.56. The average molecular weight is 364 g/mol. The number of Topliss-reactive ketones (excluding diaryl/α,β-unsaturated/α-hetero) is 1. The van der Waals surface area contributed by atoms with Crippen molar-refractivity contribution in [2.45, 2.75) is 6.92 Å². The van der Waals surface area contributed by atoms with Gasteiger partial charge in [-0.25, -0.2) is 0 Å². The first-order valence-corrected chi connectivity index (χ1v) is 7.38. The summed E-state index contributed by atoms with van der Waals surface area (Å²) in [5.41, 5.74) is 8.25. The summed E-state index contributed by atoms with van der Waals surface area (Å²) in [6.45, 7) is 1.75. The molecule has 2 aromatic carbocycles. The van der Waals surface area contributed by atoms with Crippen LogP contribution >= 0.6 is 12.4 Å². The predicted molar refractivity (Wildman–Crippen MR) is 102 cm³/mol. The zero-order chi connectivity index (χ0) is 17.7. The molecule has 0 amide bonds. The van der Waals surface area contributed by atoms with Crippen molar-refractivity contribution in [2.75, 3.05) is 27.1 Å². The third kappa shape index (κ3) is 4.67. The van der Waals surface area contributed by atoms with Crippen molar-refractivity contribution < 1.29 is 19.0 Å². The van der Waals surface area contributed by atoms with Crippen molar-refractivity contribution >= 4 is 30.0 Å². The van der Waals surface area contributed by atoms with Crippen LogP contribution in [-0.4, -0.2) is 27.1 Å². The van der Waals surface area contributed by atoms with Gasteiger partial charge in [0.25, 0.3) is 0 Å². The number of ether oxygens (including phenoxy) is 3. The fraction of sp³-hybridized carbons (Fsp3) is 0.211. The zero-order valence-corrected chi connectivity index (χ0v) is 15.5. The van der Waals surface area contributed by atoms with Gasteiger partial charge in [0.2, 0.25) is 0 Å². The van der Waals surface area contributed by atoms with Crippen LogP contribution in [0.2, 0.25) is 0 Å². The Hall–Kier alpha value is -2.66. The van der Waals surface area contributed by atoms with Gasteiger partial charge < -0.3 is 19.9 Å². The number of halogens is 1. The van der Waals surface area contributed by atoms with Crippen LogP contribution in [0.4, 0.5) is 5.69 Å². The van der Waals surface area contributed by atoms with Gasteiger partial charge in [0.1, 0.15) is 17.2 Å². The molecule has 2 rings (SSSR count). The summed E-state index contributed by atoms with van der Waals surface area (Å²) in [5, 5.41) is 0. The molecule has 0 heterocycles. The highest BCUT2D eigenvalue weighted by Gasteiger charge is 2.15. The van der Waals surface area contributed by atoms with Gasteiger partial charge in [-0.1, -0.05) is 6.07 Å². The number of nitrogens with two attached hydrogens (primary N) is 1. The molecule has 0 aliphatic rings. The third-order valence-corrected chi connectivity index (χ3v) is 3.65. The summed E-state index contributed by atoms with van der Waals surface area (Å²) < 4.78 is 15.6. The number of carbonyl (C=O) groups is 1. The minimum absolute atomic E-state index is 0. The van der Waals surface area contributed by atoms with Crippen LogP contribution in [-0.2, 0) is 0 Å². The van der Waals surface area contributed by atoms with E-state index in [-0.39, 0.29) is 18.2 Å². The lowest BCUT2D eigenvalue weighted by Crippen LogP contribution is -2.04. The maximum absolute atomic E-state index is 12.7. The Morgan fingerprint density at radius 1 is 0.960 bits per heavy atom. The number of benzene rings is 2. The molecule has 0 aromatic heterocycles. The van der Waals surface area contributed by atoms with Gasteiger partial charge in [0.15, 0.2) is 5.78 Å². The second kappa shape index (κ2) is 8.99. The van der Waals surface area contributed by atoms with Gasteiger partial charge in [-0.3, -0.25) is 4.79 Å². The fourth-order valence-electron chi connectivity index (χ4n) is 2.36. The van der Waals surface area contributed by atoms with Crippen LogP contribution in [0.15, 0.2) is 42.0 Å². The lowest BCUT2D eigenvalue weighted by atomic mass is 10.0. The second-order valence-corrected chi connectivity index (χ2v) is 5.22. The van der Waals surface area contributed by atoms with Gasteiger partial charge >= 0.3 is 0 Å². The van der Waals surface area contributed by atoms with E-state index in [1.807, 2.05) is 6.07 Å². The SMILES string of the molecule is COc1ccc(OC)c(C(=O)C(C)=Cc2ccc(OC)c(N)c2)c1.Cl. The number of allylic oxidation sites excluding steroid dienone is 1. The molecule has 0 unspecified atom stereocenters. The van der Waals surface area contributed by atoms with Crippen LogP contribution in [0.3, 0.4) is 0 Å². The Bertz CT molecular complexity index is 787. The quantitative estimate of drug-likeness (QED) is 0.477. The Kier molecular flexibility index (Phi) is 7.33. The standard InChI is InChI=1S/C19H21NO4.ClH/c1-12(9-13-5-7-18(24-4)16(20)10-13)19(21)15-11-14(22-2)6-8-17(15)23-3;/h5-11H,20H2,1-4H3;1H. The van der Waals surface area contributed by atoms with Crippen LogP contribution < -0.4 is 19.9 Å². The van der Waals surface area contributed by atoms with E-state index in [2.05, 4.69) is 0 Å². The first kappa shape index (κ1) is 20.4. The van der Waals surface area contributed by atoms with E-state index in [1.165, 1.54) is 7.11 Å². The van der Waals surface area contributed by atoms with E-state index < -0.39 is 0 Å². The normalized spacial score (nSPS) is 10.6. The number of carbonyl (C=O) groups excluding carboxylic acids is 1. The molecule has 0 fully saturated rings. The number of rotatable bonds is 6. The predicted octanol–water partition coefficient (Wildman–Crippen LogP) is 4.00. The first-order chi connectivity index (χ1) is 11.5. The van der Waals surface area contributed by atoms with E-state index in [1.54, 1.807) is 57.6 Å². The zero-order valence-electron chi connectivity index (χ0n) is 14.7. The highest BCUT2D eigenvalue weighted by Crippen LogP contribution is 2.28. The molecule has 2 aromatic rings. The number of methoxy groups -OCH3 is 3. The van der Waals surface area contributed by atoms with Crippen LogP contribution in [0.5, 0.6) is 17.2 Å². The summed E-state index contributed by atoms with van der Waals surface area (Å²) in [7, 11) is 4.64. The molecule has 0 atom stereocenters. The van der Waals surface area contributed by atoms with Gasteiger partial charge in [0.05, 0.1) is 32.6 Å². The molecule has 0 saturated carbocycles. The maximum Gasteiger partial charge on any atom is 0.192 e. The molecule has 2 N–H and O–H groups in total. The van der Waals surface area contributed by atoms with E-state index in [9.17, 15) is 4.79 Å². The average Bonchev–Trinajstić information content (AvgIpc) is 2.60. The first-order valence-electron chi connectivity index (χ1n) is 7.38. The molecule has 6 heteroatoms. The van der Waals surface area contributed by atoms with E-state index in [0.29, 0.717) is 34.1 Å². The van der Waals surface area contributed by atoms with Crippen molar-refractivity contribution in [1.82, 2.24) is 0 Å². The van der Waals surface area contributed by atoms with Crippen LogP contribution in [0, 0.1) is 0 Å². The van der Waals surface area contributed by atoms with E-state index >= 15 is 0 Å². The van der Waals surface area contributed by atoms with Crippen molar-refractivity contribution in [3.63, 3.8) is 0 Å². The summed E-state index contributed by atoms with van der Waals surface area (Å²) in [4.78, 5) is 12.7. The molecular formula is C19H22ClNO4. The number of hydrogen-bond donors (Lipinski definition) is 1. The van der Waals surface area contributed by atoms with Crippen molar-refractivity contribution in [3.8, 4) is 17.2 Å². The molecule has 0 aliphatic carbocycles. The maximum atomic E-state index is 12.7. The second-order valence-electron chi connectivity index (χ2n) is 5.22. The van der Waals surface area contributed by atoms with Gasteiger partial charge in [-0.2, -0.15) is 0 Å². The number of ketones is 1. The fourth-order valence-corrected chi connectivity index (χ4v) is 2.36. The van der Waals surface area contributed by atoms with Gasteiger partial charge in [-0.15, -0.1) is 12.4 Å². The Labute approximate surface area is 153 Å². The summed E-state index contributed by atoms with van der Waals surface area (Å²) in [6, 6.07) is 10.5. The Balaban J connectivity index is 0.00000312. The van der Waals surface area contributed by atoms with Gasteiger partial charge in [-0.05, 0) is 54.5 Å². The summed E-state index contributed by atoms with van der Waals surface area (Å²) >= 11 is 0. The molecule has 0 spiro atoms. The lowest BCUT2D eigenvalue weighted by molar-refractivity contribution is 0.103. The smallest absolute Gasteiger partial charge is 0.192 e. The van der Waals surface area contributed by atoms with Crippen molar-refractivity contribution in [3.05, 3.63) is 53.1 Å². The topological polar surface area (TPSA) is 70.8 Å². The Morgan fingerprint density at radius 2 is 1.60 bits per heavy atom. The number of anilines is 1. The number of hydrogen-bond acceptors (Lipinski definition) is 5. The highest BCUT2D eigenvalue weighted by molar-refractivity contribution is 6.12. The van der Waals surface area contributed by atoms with Crippen molar-refractivity contribution in [2.24, 2.45) is 0 Å². The van der Waals surface area contributed by atoms with E-state index in [4.69, 9.17) is 19.9 Å². The minimum atomic E-state index is -0.139. The van der Waals surface area contributed by atoms with Crippen LogP contribution in [0.1, 0.15) is 22.8 Å². The molecule has 134 valence electrons. The molecule has 5 nitrogen and oxygen atoms in total. The van der Waals surface area contributed by atoms with E-state index in [0.717, 1.165) is 5.56 Å². The number of nitrogen functional groups attached to an aromatic ring is 1. The van der Waals surface area contributed by atoms with Gasteiger partial charge in [0, 0.05) is 0 Å². The highest BCUT2D eigenvalue weighted by atomic mass is 35.5. The Morgan fingerprint density at radius 3 is 2.16 bits per heavy atom. The molecule has 0 aliphatic heterocycles. The largest absolute Gasteiger partial charge is 0.497 e. The minimum Gasteiger partial charge on any atom is -0.497 e. The van der Waals surface area contributed by atoms with Crippen LogP contribution in [0.25, 0.3) is 6.08 Å². The van der Waals surface area contributed by atoms with Crippen molar-refractivity contribution in [1.29, 1.82) is 0 Å². The molecule has 0 bridgehead atoms. The molecule has 0 radical (unpaired) electrons. The third-order valence-electron chi connectivity index (χ3n) is 3.65. The lowest BCUT2D eigenvalue weighted by Gasteiger charge is -2.10. The molecular weight excluding hydrogens is 342 g/mol.